The molecule has 0 radical (unpaired) electrons. The Balaban J connectivity index is 1.15. The first-order chi connectivity index (χ1) is 26.1. The van der Waals surface area contributed by atoms with Gasteiger partial charge in [0.25, 0.3) is 0 Å². The molecule has 0 unspecified atom stereocenters. The van der Waals surface area contributed by atoms with Crippen molar-refractivity contribution in [1.29, 1.82) is 0 Å². The molecule has 0 bridgehead atoms. The Bertz CT molecular complexity index is 3340. The van der Waals surface area contributed by atoms with Crippen LogP contribution in [0.5, 0.6) is 0 Å². The molecule has 0 spiro atoms. The maximum absolute atomic E-state index is 5.45. The molecule has 4 heteroatoms. The fourth-order valence-electron chi connectivity index (χ4n) is 9.51. The Kier molecular flexibility index (Phi) is 5.54. The number of para-hydroxylation sites is 2. The van der Waals surface area contributed by atoms with Gasteiger partial charge in [-0.1, -0.05) is 129 Å². The van der Waals surface area contributed by atoms with E-state index in [0.717, 1.165) is 38.7 Å². The summed E-state index contributed by atoms with van der Waals surface area (Å²) < 4.78 is 4.77. The molecule has 8 aromatic carbocycles. The van der Waals surface area contributed by atoms with E-state index in [1.807, 2.05) is 6.20 Å². The van der Waals surface area contributed by atoms with Crippen LogP contribution in [0.15, 0.2) is 158 Å². The van der Waals surface area contributed by atoms with E-state index in [0.29, 0.717) is 0 Å². The molecule has 0 fully saturated rings. The van der Waals surface area contributed by atoms with Crippen LogP contribution in [0.4, 0.5) is 0 Å². The van der Waals surface area contributed by atoms with E-state index in [2.05, 4.69) is 175 Å². The maximum atomic E-state index is 5.45. The predicted octanol–water partition coefficient (Wildman–Crippen LogP) is 12.4. The molecule has 0 saturated heterocycles. The van der Waals surface area contributed by atoms with Gasteiger partial charge in [0.1, 0.15) is 0 Å². The molecule has 248 valence electrons. The van der Waals surface area contributed by atoms with E-state index in [1.54, 1.807) is 0 Å². The highest BCUT2D eigenvalue weighted by molar-refractivity contribution is 6.23. The lowest BCUT2D eigenvalue weighted by molar-refractivity contribution is 0.660. The quantitative estimate of drug-likeness (QED) is 0.171. The van der Waals surface area contributed by atoms with Gasteiger partial charge < -0.3 is 4.57 Å². The van der Waals surface area contributed by atoms with Crippen LogP contribution >= 0.6 is 0 Å². The van der Waals surface area contributed by atoms with E-state index >= 15 is 0 Å². The number of benzene rings is 8. The predicted molar refractivity (Wildman–Crippen MR) is 221 cm³/mol. The van der Waals surface area contributed by atoms with Crippen LogP contribution in [0.3, 0.4) is 0 Å². The third-order valence-electron chi connectivity index (χ3n) is 11.9. The van der Waals surface area contributed by atoms with Gasteiger partial charge in [-0.05, 0) is 69.4 Å². The number of hydrogen-bond acceptors (Lipinski definition) is 2. The standard InChI is InChI=1S/C49H32N4/c1-49(2)40-20-10-7-15-32(40)33-24-23-29(25-41(33)49)52-42-21-11-8-16-34(42)38-27-45-39(26-44(38)52)35-17-9-12-22-43(35)53(45)46-28-50-47-36-18-5-3-13-30(36)31-14-4-6-19-37(31)48(47)51-46/h3-28H,1-2H3. The van der Waals surface area contributed by atoms with Crippen LogP contribution in [0, 0.1) is 0 Å². The molecule has 0 saturated carbocycles. The first-order valence-electron chi connectivity index (χ1n) is 18.3. The lowest BCUT2D eigenvalue weighted by Crippen LogP contribution is -2.15. The highest BCUT2D eigenvalue weighted by Gasteiger charge is 2.35. The van der Waals surface area contributed by atoms with E-state index < -0.39 is 0 Å². The molecule has 0 N–H and O–H groups in total. The minimum absolute atomic E-state index is 0.0834. The Morgan fingerprint density at radius 1 is 0.415 bits per heavy atom. The Morgan fingerprint density at radius 2 is 0.943 bits per heavy atom. The molecule has 0 atom stereocenters. The lowest BCUT2D eigenvalue weighted by Gasteiger charge is -2.22. The highest BCUT2D eigenvalue weighted by Crippen LogP contribution is 2.50. The number of aromatic nitrogens is 4. The van der Waals surface area contributed by atoms with Crippen molar-refractivity contribution in [3.8, 4) is 22.6 Å². The molecule has 12 rings (SSSR count). The third-order valence-corrected chi connectivity index (χ3v) is 11.9. The second kappa shape index (κ2) is 10.2. The third kappa shape index (κ3) is 3.74. The molecule has 4 nitrogen and oxygen atoms in total. The highest BCUT2D eigenvalue weighted by atomic mass is 15.1. The van der Waals surface area contributed by atoms with Crippen molar-refractivity contribution in [2.45, 2.75) is 19.3 Å². The van der Waals surface area contributed by atoms with Crippen molar-refractivity contribution in [2.75, 3.05) is 0 Å². The molecule has 1 aliphatic rings. The van der Waals surface area contributed by atoms with Crippen molar-refractivity contribution >= 4 is 76.2 Å². The average Bonchev–Trinajstić information content (AvgIpc) is 3.79. The number of fused-ring (bicyclic) bond motifs is 15. The second-order valence-corrected chi connectivity index (χ2v) is 15.0. The average molecular weight is 677 g/mol. The van der Waals surface area contributed by atoms with Gasteiger partial charge in [0.2, 0.25) is 0 Å². The molecule has 53 heavy (non-hydrogen) atoms. The SMILES string of the molecule is CC1(C)c2ccccc2-c2ccc(-n3c4ccccc4c4cc5c(cc43)c3ccccc3n5-c3cnc4c5ccccc5c5ccccc5c4n3)cc21. The van der Waals surface area contributed by atoms with Crippen LogP contribution < -0.4 is 0 Å². The minimum atomic E-state index is -0.0834. The van der Waals surface area contributed by atoms with Gasteiger partial charge in [-0.3, -0.25) is 9.55 Å². The Morgan fingerprint density at radius 3 is 1.64 bits per heavy atom. The van der Waals surface area contributed by atoms with Crippen molar-refractivity contribution in [2.24, 2.45) is 0 Å². The smallest absolute Gasteiger partial charge is 0.156 e. The zero-order chi connectivity index (χ0) is 35.0. The molecule has 0 amide bonds. The van der Waals surface area contributed by atoms with Gasteiger partial charge in [0.05, 0.1) is 39.3 Å². The summed E-state index contributed by atoms with van der Waals surface area (Å²) >= 11 is 0. The van der Waals surface area contributed by atoms with Gasteiger partial charge in [0, 0.05) is 43.4 Å². The van der Waals surface area contributed by atoms with Gasteiger partial charge in [-0.2, -0.15) is 0 Å². The summed E-state index contributed by atoms with van der Waals surface area (Å²) in [4.78, 5) is 10.6. The molecule has 1 aliphatic carbocycles. The fraction of sp³-hybridized carbons (Fsp3) is 0.0612. The van der Waals surface area contributed by atoms with E-state index in [-0.39, 0.29) is 5.41 Å². The van der Waals surface area contributed by atoms with Gasteiger partial charge in [-0.25, -0.2) is 4.98 Å². The molecular formula is C49H32N4. The first-order valence-corrected chi connectivity index (χ1v) is 18.3. The first kappa shape index (κ1) is 28.9. The van der Waals surface area contributed by atoms with Crippen molar-refractivity contribution < 1.29 is 0 Å². The zero-order valence-electron chi connectivity index (χ0n) is 29.3. The zero-order valence-corrected chi connectivity index (χ0v) is 29.3. The summed E-state index contributed by atoms with van der Waals surface area (Å²) in [5, 5.41) is 9.45. The topological polar surface area (TPSA) is 35.6 Å². The summed E-state index contributed by atoms with van der Waals surface area (Å²) in [6, 6.07) is 55.3. The summed E-state index contributed by atoms with van der Waals surface area (Å²) in [5.74, 6) is 0.813. The number of nitrogens with zero attached hydrogens (tertiary/aromatic N) is 4. The van der Waals surface area contributed by atoms with E-state index in [9.17, 15) is 0 Å². The molecule has 3 heterocycles. The second-order valence-electron chi connectivity index (χ2n) is 15.0. The van der Waals surface area contributed by atoms with E-state index in [1.165, 1.54) is 71.3 Å². The van der Waals surface area contributed by atoms with Crippen LogP contribution in [-0.2, 0) is 5.41 Å². The van der Waals surface area contributed by atoms with Crippen LogP contribution in [0.25, 0.3) is 98.8 Å². The van der Waals surface area contributed by atoms with E-state index in [4.69, 9.17) is 9.97 Å². The van der Waals surface area contributed by atoms with Gasteiger partial charge in [0.15, 0.2) is 5.82 Å². The number of hydrogen-bond donors (Lipinski definition) is 0. The largest absolute Gasteiger partial charge is 0.309 e. The summed E-state index contributed by atoms with van der Waals surface area (Å²) in [7, 11) is 0. The molecule has 0 aliphatic heterocycles. The van der Waals surface area contributed by atoms with Crippen LogP contribution in [-0.4, -0.2) is 19.1 Å². The molecule has 3 aromatic heterocycles. The molecule has 11 aromatic rings. The van der Waals surface area contributed by atoms with Crippen LogP contribution in [0.1, 0.15) is 25.0 Å². The summed E-state index contributed by atoms with van der Waals surface area (Å²) in [6.07, 6.45) is 1.95. The van der Waals surface area contributed by atoms with Crippen molar-refractivity contribution in [1.82, 2.24) is 19.1 Å². The minimum Gasteiger partial charge on any atom is -0.309 e. The van der Waals surface area contributed by atoms with Gasteiger partial charge >= 0.3 is 0 Å². The van der Waals surface area contributed by atoms with Crippen molar-refractivity contribution in [3.63, 3.8) is 0 Å². The monoisotopic (exact) mass is 676 g/mol. The summed E-state index contributed by atoms with van der Waals surface area (Å²) in [6.45, 7) is 4.71. The normalized spacial score (nSPS) is 13.6. The molecular weight excluding hydrogens is 645 g/mol. The van der Waals surface area contributed by atoms with Gasteiger partial charge in [-0.15, -0.1) is 0 Å². The Hall–Kier alpha value is -6.78. The van der Waals surface area contributed by atoms with Crippen LogP contribution in [0.2, 0.25) is 0 Å². The fourth-order valence-corrected chi connectivity index (χ4v) is 9.51. The maximum Gasteiger partial charge on any atom is 0.156 e. The number of rotatable bonds is 2. The lowest BCUT2D eigenvalue weighted by atomic mass is 9.82. The summed E-state index contributed by atoms with van der Waals surface area (Å²) in [5.41, 5.74) is 13.0. The van der Waals surface area contributed by atoms with Crippen molar-refractivity contribution in [3.05, 3.63) is 169 Å². The Labute approximate surface area is 305 Å².